The van der Waals surface area contributed by atoms with E-state index in [-0.39, 0.29) is 6.04 Å². The maximum absolute atomic E-state index is 12.5. The van der Waals surface area contributed by atoms with Crippen LogP contribution in [0.3, 0.4) is 0 Å². The van der Waals surface area contributed by atoms with Crippen molar-refractivity contribution in [3.63, 3.8) is 0 Å². The molecule has 0 radical (unpaired) electrons. The molecule has 5 heteroatoms. The number of piperidine rings is 1. The number of hydrogen-bond acceptors (Lipinski definition) is 2. The Kier molecular flexibility index (Phi) is 3.99. The summed E-state index contributed by atoms with van der Waals surface area (Å²) in [7, 11) is -3.38. The van der Waals surface area contributed by atoms with Crippen LogP contribution in [-0.2, 0) is 10.0 Å². The van der Waals surface area contributed by atoms with Crippen molar-refractivity contribution in [2.24, 2.45) is 0 Å². The third-order valence-corrected chi connectivity index (χ3v) is 5.91. The van der Waals surface area contributed by atoms with Crippen molar-refractivity contribution in [3.05, 3.63) is 28.8 Å². The molecule has 0 aliphatic carbocycles. The molecular weight excluding hydrogens is 270 g/mol. The zero-order valence-corrected chi connectivity index (χ0v) is 12.3. The number of hydrogen-bond donors (Lipinski definition) is 0. The first-order valence-electron chi connectivity index (χ1n) is 6.21. The van der Waals surface area contributed by atoms with Crippen molar-refractivity contribution in [3.8, 4) is 0 Å². The molecule has 1 aliphatic heterocycles. The Morgan fingerprint density at radius 1 is 1.33 bits per heavy atom. The third kappa shape index (κ3) is 2.56. The number of rotatable bonds is 2. The molecule has 1 aliphatic rings. The predicted octanol–water partition coefficient (Wildman–Crippen LogP) is 3.21. The molecule has 0 N–H and O–H groups in total. The highest BCUT2D eigenvalue weighted by Crippen LogP contribution is 2.27. The van der Waals surface area contributed by atoms with Crippen molar-refractivity contribution in [1.82, 2.24) is 4.31 Å². The van der Waals surface area contributed by atoms with Gasteiger partial charge in [0.1, 0.15) is 0 Å². The highest BCUT2D eigenvalue weighted by molar-refractivity contribution is 7.89. The van der Waals surface area contributed by atoms with Crippen molar-refractivity contribution in [2.75, 3.05) is 6.54 Å². The van der Waals surface area contributed by atoms with Crippen LogP contribution in [0.1, 0.15) is 31.7 Å². The Morgan fingerprint density at radius 2 is 2.06 bits per heavy atom. The van der Waals surface area contributed by atoms with Gasteiger partial charge in [-0.25, -0.2) is 8.42 Å². The maximum atomic E-state index is 12.5. The van der Waals surface area contributed by atoms with Gasteiger partial charge in [0.05, 0.1) is 4.90 Å². The van der Waals surface area contributed by atoms with Crippen LogP contribution in [0.4, 0.5) is 0 Å². The van der Waals surface area contributed by atoms with Crippen LogP contribution in [0.2, 0.25) is 5.02 Å². The molecule has 0 saturated carbocycles. The van der Waals surface area contributed by atoms with Gasteiger partial charge in [0, 0.05) is 17.6 Å². The highest BCUT2D eigenvalue weighted by Gasteiger charge is 2.30. The number of sulfonamides is 1. The zero-order valence-electron chi connectivity index (χ0n) is 10.7. The summed E-state index contributed by atoms with van der Waals surface area (Å²) in [6.07, 6.45) is 2.98. The van der Waals surface area contributed by atoms with E-state index >= 15 is 0 Å². The van der Waals surface area contributed by atoms with Gasteiger partial charge in [0.2, 0.25) is 10.0 Å². The summed E-state index contributed by atoms with van der Waals surface area (Å²) in [5, 5.41) is 0.598. The first kappa shape index (κ1) is 13.8. The summed E-state index contributed by atoms with van der Waals surface area (Å²) in [5.41, 5.74) is 0.794. The molecule has 0 aromatic heterocycles. The van der Waals surface area contributed by atoms with Crippen LogP contribution in [0.15, 0.2) is 23.1 Å². The Bertz CT molecular complexity index is 542. The minimum atomic E-state index is -3.38. The van der Waals surface area contributed by atoms with Gasteiger partial charge in [-0.3, -0.25) is 0 Å². The largest absolute Gasteiger partial charge is 0.243 e. The topological polar surface area (TPSA) is 37.4 Å². The maximum Gasteiger partial charge on any atom is 0.243 e. The lowest BCUT2D eigenvalue weighted by molar-refractivity contribution is 0.268. The molecule has 1 heterocycles. The van der Waals surface area contributed by atoms with Crippen molar-refractivity contribution in [2.45, 2.75) is 44.0 Å². The minimum absolute atomic E-state index is 0.0831. The monoisotopic (exact) mass is 287 g/mol. The van der Waals surface area contributed by atoms with Crippen LogP contribution in [0, 0.1) is 6.92 Å². The molecule has 2 rings (SSSR count). The SMILES string of the molecule is Cc1cc(S(=O)(=O)N2CCCC[C@H]2C)ccc1Cl. The van der Waals surface area contributed by atoms with E-state index in [0.29, 0.717) is 16.5 Å². The lowest BCUT2D eigenvalue weighted by atomic mass is 10.1. The molecule has 0 bridgehead atoms. The summed E-state index contributed by atoms with van der Waals surface area (Å²) >= 11 is 5.94. The number of aryl methyl sites for hydroxylation is 1. The molecule has 0 unspecified atom stereocenters. The summed E-state index contributed by atoms with van der Waals surface area (Å²) < 4.78 is 26.7. The molecular formula is C13H18ClNO2S. The lowest BCUT2D eigenvalue weighted by Crippen LogP contribution is -2.41. The van der Waals surface area contributed by atoms with Gasteiger partial charge in [0.15, 0.2) is 0 Å². The fourth-order valence-corrected chi connectivity index (χ4v) is 4.24. The second kappa shape index (κ2) is 5.19. The minimum Gasteiger partial charge on any atom is -0.207 e. The van der Waals surface area contributed by atoms with Crippen LogP contribution >= 0.6 is 11.6 Å². The molecule has 1 aromatic carbocycles. The fourth-order valence-electron chi connectivity index (χ4n) is 2.34. The van der Waals surface area contributed by atoms with Gasteiger partial charge in [-0.1, -0.05) is 18.0 Å². The number of benzene rings is 1. The van der Waals surface area contributed by atoms with E-state index in [0.717, 1.165) is 24.8 Å². The van der Waals surface area contributed by atoms with E-state index in [9.17, 15) is 8.42 Å². The summed E-state index contributed by atoms with van der Waals surface area (Å²) in [6, 6.07) is 4.98. The Morgan fingerprint density at radius 3 is 2.67 bits per heavy atom. The Labute approximate surface area is 114 Å². The second-order valence-electron chi connectivity index (χ2n) is 4.87. The standard InChI is InChI=1S/C13H18ClNO2S/c1-10-9-12(6-7-13(10)14)18(16,17)15-8-4-3-5-11(15)2/h6-7,9,11H,3-5,8H2,1-2H3/t11-/m1/s1. The third-order valence-electron chi connectivity index (χ3n) is 3.48. The Balaban J connectivity index is 2.37. The molecule has 0 amide bonds. The van der Waals surface area contributed by atoms with Gasteiger partial charge in [-0.15, -0.1) is 0 Å². The first-order chi connectivity index (χ1) is 8.43. The summed E-state index contributed by atoms with van der Waals surface area (Å²) in [5.74, 6) is 0. The lowest BCUT2D eigenvalue weighted by Gasteiger charge is -2.32. The molecule has 0 spiro atoms. The summed E-state index contributed by atoms with van der Waals surface area (Å²) in [4.78, 5) is 0.346. The smallest absolute Gasteiger partial charge is 0.207 e. The van der Waals surface area contributed by atoms with E-state index in [1.165, 1.54) is 0 Å². The van der Waals surface area contributed by atoms with Crippen molar-refractivity contribution >= 4 is 21.6 Å². The summed E-state index contributed by atoms with van der Waals surface area (Å²) in [6.45, 7) is 4.41. The van der Waals surface area contributed by atoms with Crippen LogP contribution in [0.5, 0.6) is 0 Å². The second-order valence-corrected chi connectivity index (χ2v) is 7.17. The van der Waals surface area contributed by atoms with Gasteiger partial charge < -0.3 is 0 Å². The van der Waals surface area contributed by atoms with Crippen molar-refractivity contribution in [1.29, 1.82) is 0 Å². The van der Waals surface area contributed by atoms with Gasteiger partial charge >= 0.3 is 0 Å². The zero-order chi connectivity index (χ0) is 13.3. The molecule has 1 saturated heterocycles. The van der Waals surface area contributed by atoms with E-state index in [2.05, 4.69) is 0 Å². The van der Waals surface area contributed by atoms with E-state index < -0.39 is 10.0 Å². The normalized spacial score (nSPS) is 22.1. The predicted molar refractivity (Wildman–Crippen MR) is 73.4 cm³/mol. The highest BCUT2D eigenvalue weighted by atomic mass is 35.5. The molecule has 1 atom stereocenters. The van der Waals surface area contributed by atoms with E-state index in [1.54, 1.807) is 22.5 Å². The van der Waals surface area contributed by atoms with Crippen LogP contribution < -0.4 is 0 Å². The van der Waals surface area contributed by atoms with E-state index in [4.69, 9.17) is 11.6 Å². The average molecular weight is 288 g/mol. The van der Waals surface area contributed by atoms with Gasteiger partial charge in [-0.05, 0) is 50.5 Å². The quantitative estimate of drug-likeness (QED) is 0.837. The molecule has 100 valence electrons. The average Bonchev–Trinajstić information content (AvgIpc) is 2.33. The molecule has 18 heavy (non-hydrogen) atoms. The first-order valence-corrected chi connectivity index (χ1v) is 8.03. The molecule has 1 aromatic rings. The molecule has 3 nitrogen and oxygen atoms in total. The van der Waals surface area contributed by atoms with Crippen molar-refractivity contribution < 1.29 is 8.42 Å². The number of halogens is 1. The van der Waals surface area contributed by atoms with Gasteiger partial charge in [0.25, 0.3) is 0 Å². The van der Waals surface area contributed by atoms with E-state index in [1.807, 2.05) is 13.8 Å². The Hall–Kier alpha value is -0.580. The van der Waals surface area contributed by atoms with Crippen LogP contribution in [0.25, 0.3) is 0 Å². The molecule has 1 fully saturated rings. The number of nitrogens with zero attached hydrogens (tertiary/aromatic N) is 1. The van der Waals surface area contributed by atoms with Crippen LogP contribution in [-0.4, -0.2) is 25.3 Å². The fraction of sp³-hybridized carbons (Fsp3) is 0.538. The van der Waals surface area contributed by atoms with Gasteiger partial charge in [-0.2, -0.15) is 4.31 Å².